The minimum absolute atomic E-state index is 0.739. The average molecular weight is 268 g/mol. The maximum absolute atomic E-state index is 5.86. The third kappa shape index (κ3) is 2.51. The van der Waals surface area contributed by atoms with Crippen LogP contribution in [-0.4, -0.2) is 15.0 Å². The number of aromatic nitrogens is 3. The number of anilines is 1. The Morgan fingerprint density at radius 1 is 1.16 bits per heavy atom. The summed E-state index contributed by atoms with van der Waals surface area (Å²) in [5, 5.41) is 1.96. The fourth-order valence-electron chi connectivity index (χ4n) is 1.87. The predicted molar refractivity (Wildman–Crippen MR) is 77.0 cm³/mol. The van der Waals surface area contributed by atoms with Crippen molar-refractivity contribution in [2.45, 2.75) is 16.8 Å². The fourth-order valence-corrected chi connectivity index (χ4v) is 2.83. The molecule has 0 bridgehead atoms. The molecule has 0 atom stereocenters. The van der Waals surface area contributed by atoms with Crippen molar-refractivity contribution in [1.29, 1.82) is 0 Å². The van der Waals surface area contributed by atoms with E-state index < -0.39 is 0 Å². The van der Waals surface area contributed by atoms with Gasteiger partial charge in [-0.3, -0.25) is 4.98 Å². The van der Waals surface area contributed by atoms with Crippen molar-refractivity contribution >= 4 is 28.4 Å². The van der Waals surface area contributed by atoms with E-state index in [1.807, 2.05) is 31.2 Å². The number of hydrogen-bond acceptors (Lipinski definition) is 5. The Balaban J connectivity index is 2.14. The van der Waals surface area contributed by atoms with Crippen molar-refractivity contribution in [2.24, 2.45) is 0 Å². The van der Waals surface area contributed by atoms with Gasteiger partial charge in [-0.1, -0.05) is 11.8 Å². The third-order valence-corrected chi connectivity index (χ3v) is 3.70. The Kier molecular flexibility index (Phi) is 3.05. The van der Waals surface area contributed by atoms with E-state index in [0.29, 0.717) is 0 Å². The summed E-state index contributed by atoms with van der Waals surface area (Å²) in [6, 6.07) is 9.70. The lowest BCUT2D eigenvalue weighted by Gasteiger charge is -2.07. The van der Waals surface area contributed by atoms with E-state index in [2.05, 4.69) is 21.0 Å². The van der Waals surface area contributed by atoms with Crippen molar-refractivity contribution in [3.63, 3.8) is 0 Å². The highest BCUT2D eigenvalue weighted by atomic mass is 32.2. The number of fused-ring (bicyclic) bond motifs is 1. The first kappa shape index (κ1) is 11.9. The summed E-state index contributed by atoms with van der Waals surface area (Å²) >= 11 is 1.59. The largest absolute Gasteiger partial charge is 0.399 e. The number of pyridine rings is 1. The second kappa shape index (κ2) is 4.85. The van der Waals surface area contributed by atoms with Crippen LogP contribution in [-0.2, 0) is 0 Å². The molecule has 1 aromatic carbocycles. The number of rotatable bonds is 2. The van der Waals surface area contributed by atoms with Crippen LogP contribution in [0.5, 0.6) is 0 Å². The van der Waals surface area contributed by atoms with Gasteiger partial charge >= 0.3 is 0 Å². The first-order valence-electron chi connectivity index (χ1n) is 5.83. The Labute approximate surface area is 115 Å². The lowest BCUT2D eigenvalue weighted by molar-refractivity contribution is 1.05. The van der Waals surface area contributed by atoms with Crippen molar-refractivity contribution in [2.75, 3.05) is 5.73 Å². The van der Waals surface area contributed by atoms with Gasteiger partial charge < -0.3 is 5.73 Å². The summed E-state index contributed by atoms with van der Waals surface area (Å²) in [5.41, 5.74) is 8.53. The molecule has 3 aromatic rings. The molecule has 3 rings (SSSR count). The number of hydrogen-bond donors (Lipinski definition) is 1. The van der Waals surface area contributed by atoms with Gasteiger partial charge in [0.05, 0.1) is 5.52 Å². The fraction of sp³-hybridized carbons (Fsp3) is 0.0714. The summed E-state index contributed by atoms with van der Waals surface area (Å²) < 4.78 is 0. The van der Waals surface area contributed by atoms with E-state index in [-0.39, 0.29) is 0 Å². The van der Waals surface area contributed by atoms with Crippen LogP contribution in [0.4, 0.5) is 5.69 Å². The van der Waals surface area contributed by atoms with Crippen LogP contribution < -0.4 is 5.73 Å². The molecule has 0 aliphatic carbocycles. The molecule has 0 saturated carbocycles. The highest BCUT2D eigenvalue weighted by molar-refractivity contribution is 7.99. The van der Waals surface area contributed by atoms with E-state index in [1.54, 1.807) is 24.3 Å². The Morgan fingerprint density at radius 2 is 2.05 bits per heavy atom. The first-order chi connectivity index (χ1) is 9.22. The zero-order chi connectivity index (χ0) is 13.2. The van der Waals surface area contributed by atoms with Gasteiger partial charge in [0, 0.05) is 27.9 Å². The molecule has 0 spiro atoms. The van der Waals surface area contributed by atoms with Crippen LogP contribution in [0.3, 0.4) is 0 Å². The summed E-state index contributed by atoms with van der Waals surface area (Å²) in [6.07, 6.45) is 3.28. The Bertz CT molecular complexity index is 728. The van der Waals surface area contributed by atoms with Crippen molar-refractivity contribution in [1.82, 2.24) is 15.0 Å². The lowest BCUT2D eigenvalue weighted by atomic mass is 10.2. The maximum Gasteiger partial charge on any atom is 0.116 e. The van der Waals surface area contributed by atoms with Gasteiger partial charge in [-0.15, -0.1) is 0 Å². The van der Waals surface area contributed by atoms with Crippen molar-refractivity contribution < 1.29 is 0 Å². The minimum atomic E-state index is 0.739. The second-order valence-corrected chi connectivity index (χ2v) is 5.25. The van der Waals surface area contributed by atoms with Crippen LogP contribution in [0.25, 0.3) is 10.9 Å². The van der Waals surface area contributed by atoms with Crippen LogP contribution >= 0.6 is 11.8 Å². The van der Waals surface area contributed by atoms with E-state index in [4.69, 9.17) is 5.73 Å². The Hall–Kier alpha value is -2.14. The highest BCUT2D eigenvalue weighted by Crippen LogP contribution is 2.33. The van der Waals surface area contributed by atoms with Crippen LogP contribution in [0, 0.1) is 6.92 Å². The van der Waals surface area contributed by atoms with Crippen LogP contribution in [0.1, 0.15) is 5.69 Å². The summed E-state index contributed by atoms with van der Waals surface area (Å²) in [7, 11) is 0. The molecular weight excluding hydrogens is 256 g/mol. The normalized spacial score (nSPS) is 10.8. The number of aryl methyl sites for hydroxylation is 1. The average Bonchev–Trinajstić information content (AvgIpc) is 2.41. The van der Waals surface area contributed by atoms with Gasteiger partial charge in [-0.2, -0.15) is 0 Å². The van der Waals surface area contributed by atoms with Gasteiger partial charge in [-0.25, -0.2) is 9.97 Å². The van der Waals surface area contributed by atoms with E-state index >= 15 is 0 Å². The lowest BCUT2D eigenvalue weighted by Crippen LogP contribution is -1.90. The number of nitrogen functional groups attached to an aromatic ring is 1. The maximum atomic E-state index is 5.86. The number of nitrogens with zero attached hydrogens (tertiary/aromatic N) is 3. The standard InChI is InChI=1S/C14H12N4S/c1-9-6-13(19-14-4-5-16-8-17-14)11-7-10(15)2-3-12(11)18-9/h2-8H,15H2,1H3. The molecule has 2 N–H and O–H groups in total. The zero-order valence-electron chi connectivity index (χ0n) is 10.4. The molecule has 0 amide bonds. The predicted octanol–water partition coefficient (Wildman–Crippen LogP) is 3.07. The third-order valence-electron chi connectivity index (χ3n) is 2.69. The molecule has 0 fully saturated rings. The molecule has 0 radical (unpaired) electrons. The molecular formula is C14H12N4S. The van der Waals surface area contributed by atoms with Gasteiger partial charge in [0.25, 0.3) is 0 Å². The van der Waals surface area contributed by atoms with Crippen molar-refractivity contribution in [3.8, 4) is 0 Å². The van der Waals surface area contributed by atoms with E-state index in [0.717, 1.165) is 32.2 Å². The van der Waals surface area contributed by atoms with Crippen molar-refractivity contribution in [3.05, 3.63) is 48.5 Å². The molecule has 4 nitrogen and oxygen atoms in total. The molecule has 2 aromatic heterocycles. The minimum Gasteiger partial charge on any atom is -0.399 e. The smallest absolute Gasteiger partial charge is 0.116 e. The monoisotopic (exact) mass is 268 g/mol. The SMILES string of the molecule is Cc1cc(Sc2ccncn2)c2cc(N)ccc2n1. The summed E-state index contributed by atoms with van der Waals surface area (Å²) in [5.74, 6) is 0. The van der Waals surface area contributed by atoms with Crippen LogP contribution in [0.2, 0.25) is 0 Å². The zero-order valence-corrected chi connectivity index (χ0v) is 11.2. The quantitative estimate of drug-likeness (QED) is 0.571. The topological polar surface area (TPSA) is 64.7 Å². The van der Waals surface area contributed by atoms with Crippen LogP contribution in [0.15, 0.2) is 52.8 Å². The van der Waals surface area contributed by atoms with E-state index in [9.17, 15) is 0 Å². The van der Waals surface area contributed by atoms with Gasteiger partial charge in [0.1, 0.15) is 11.4 Å². The van der Waals surface area contributed by atoms with Gasteiger partial charge in [-0.05, 0) is 37.3 Å². The molecule has 0 unspecified atom stereocenters. The van der Waals surface area contributed by atoms with Gasteiger partial charge in [0.15, 0.2) is 0 Å². The summed E-state index contributed by atoms with van der Waals surface area (Å²) in [6.45, 7) is 1.99. The highest BCUT2D eigenvalue weighted by Gasteiger charge is 2.07. The number of nitrogens with two attached hydrogens (primary N) is 1. The molecule has 94 valence electrons. The summed E-state index contributed by atoms with van der Waals surface area (Å²) in [4.78, 5) is 13.8. The first-order valence-corrected chi connectivity index (χ1v) is 6.65. The number of benzene rings is 1. The second-order valence-electron chi connectivity index (χ2n) is 4.19. The molecule has 19 heavy (non-hydrogen) atoms. The van der Waals surface area contributed by atoms with Gasteiger partial charge in [0.2, 0.25) is 0 Å². The Morgan fingerprint density at radius 3 is 2.84 bits per heavy atom. The molecule has 5 heteroatoms. The molecule has 0 aliphatic heterocycles. The molecule has 0 saturated heterocycles. The molecule has 2 heterocycles. The molecule has 0 aliphatic rings. The van der Waals surface area contributed by atoms with E-state index in [1.165, 1.54) is 0 Å².